The third-order valence-corrected chi connectivity index (χ3v) is 5.22. The summed E-state index contributed by atoms with van der Waals surface area (Å²) in [4.78, 5) is 11.8. The molecule has 0 heterocycles. The fourth-order valence-corrected chi connectivity index (χ4v) is 4.20. The third kappa shape index (κ3) is 5.02. The second-order valence-corrected chi connectivity index (χ2v) is 8.11. The first-order chi connectivity index (χ1) is 10.5. The maximum absolute atomic E-state index is 12.8. The molecular weight excluding hydrogens is 316 g/mol. The van der Waals surface area contributed by atoms with E-state index in [1.54, 1.807) is 19.9 Å². The number of benzene rings is 1. The second kappa shape index (κ2) is 7.42. The van der Waals surface area contributed by atoms with E-state index in [4.69, 9.17) is 10.5 Å². The van der Waals surface area contributed by atoms with Gasteiger partial charge in [-0.3, -0.25) is 0 Å². The van der Waals surface area contributed by atoms with Crippen molar-refractivity contribution in [3.8, 4) is 0 Å². The zero-order valence-corrected chi connectivity index (χ0v) is 15.2. The summed E-state index contributed by atoms with van der Waals surface area (Å²) >= 11 is 0. The van der Waals surface area contributed by atoms with Crippen LogP contribution in [-0.4, -0.2) is 33.6 Å². The summed E-state index contributed by atoms with van der Waals surface area (Å²) in [6.45, 7) is 7.68. The lowest BCUT2D eigenvalue weighted by molar-refractivity contribution is 0.0596. The Kier molecular flexibility index (Phi) is 6.33. The second-order valence-electron chi connectivity index (χ2n) is 6.46. The van der Waals surface area contributed by atoms with Gasteiger partial charge in [0.2, 0.25) is 10.0 Å². The highest BCUT2D eigenvalue weighted by Crippen LogP contribution is 2.23. The van der Waals surface area contributed by atoms with Crippen molar-refractivity contribution >= 4 is 16.0 Å². The zero-order valence-electron chi connectivity index (χ0n) is 14.3. The number of nitrogens with one attached hydrogen (secondary N) is 1. The third-order valence-electron chi connectivity index (χ3n) is 3.52. The van der Waals surface area contributed by atoms with Crippen LogP contribution in [0.5, 0.6) is 0 Å². The Hall–Kier alpha value is -1.44. The number of methoxy groups -OCH3 is 1. The van der Waals surface area contributed by atoms with Gasteiger partial charge in [-0.15, -0.1) is 0 Å². The van der Waals surface area contributed by atoms with Crippen LogP contribution in [0.25, 0.3) is 0 Å². The van der Waals surface area contributed by atoms with Gasteiger partial charge in [0.1, 0.15) is 0 Å². The molecule has 0 saturated heterocycles. The van der Waals surface area contributed by atoms with Crippen LogP contribution < -0.4 is 10.5 Å². The van der Waals surface area contributed by atoms with Crippen molar-refractivity contribution in [2.75, 3.05) is 13.7 Å². The molecule has 0 aliphatic rings. The van der Waals surface area contributed by atoms with E-state index in [2.05, 4.69) is 4.72 Å². The fourth-order valence-electron chi connectivity index (χ4n) is 2.59. The topological polar surface area (TPSA) is 98.5 Å². The molecule has 0 spiro atoms. The van der Waals surface area contributed by atoms with E-state index in [0.29, 0.717) is 6.42 Å². The Morgan fingerprint density at radius 3 is 2.48 bits per heavy atom. The molecule has 0 aliphatic carbocycles. The minimum absolute atomic E-state index is 0.0175. The van der Waals surface area contributed by atoms with Gasteiger partial charge in [-0.2, -0.15) is 0 Å². The lowest BCUT2D eigenvalue weighted by Gasteiger charge is -2.31. The van der Waals surface area contributed by atoms with Crippen LogP contribution >= 0.6 is 0 Å². The van der Waals surface area contributed by atoms with E-state index in [9.17, 15) is 13.2 Å². The summed E-state index contributed by atoms with van der Waals surface area (Å²) in [5.41, 5.74) is 5.77. The minimum Gasteiger partial charge on any atom is -0.465 e. The highest BCUT2D eigenvalue weighted by Gasteiger charge is 2.32. The van der Waals surface area contributed by atoms with Crippen LogP contribution in [0.3, 0.4) is 0 Å². The number of sulfonamides is 1. The van der Waals surface area contributed by atoms with Gasteiger partial charge in [0.15, 0.2) is 0 Å². The van der Waals surface area contributed by atoms with Crippen molar-refractivity contribution in [1.29, 1.82) is 0 Å². The lowest BCUT2D eigenvalue weighted by Crippen LogP contribution is -2.52. The molecule has 0 amide bonds. The summed E-state index contributed by atoms with van der Waals surface area (Å²) in [6.07, 6.45) is 0.585. The van der Waals surface area contributed by atoms with Crippen LogP contribution in [0.15, 0.2) is 23.1 Å². The number of nitrogens with two attached hydrogens (primary N) is 1. The zero-order chi connectivity index (χ0) is 17.8. The molecule has 3 N–H and O–H groups in total. The summed E-state index contributed by atoms with van der Waals surface area (Å²) in [5, 5.41) is 0. The first-order valence-electron chi connectivity index (χ1n) is 7.47. The molecule has 0 aromatic heterocycles. The molecule has 1 unspecified atom stereocenters. The van der Waals surface area contributed by atoms with Gasteiger partial charge < -0.3 is 10.5 Å². The number of hydrogen-bond acceptors (Lipinski definition) is 5. The van der Waals surface area contributed by atoms with Gasteiger partial charge in [-0.1, -0.05) is 25.5 Å². The predicted octanol–water partition coefficient (Wildman–Crippen LogP) is 1.82. The van der Waals surface area contributed by atoms with Gasteiger partial charge in [-0.05, 0) is 38.3 Å². The Morgan fingerprint density at radius 1 is 1.39 bits per heavy atom. The van der Waals surface area contributed by atoms with Crippen LogP contribution in [0.2, 0.25) is 0 Å². The van der Waals surface area contributed by atoms with Gasteiger partial charge in [0.05, 0.1) is 17.6 Å². The smallest absolute Gasteiger partial charge is 0.339 e. The molecule has 0 aliphatic heterocycles. The molecule has 130 valence electrons. The molecule has 1 atom stereocenters. The number of hydrogen-bond donors (Lipinski definition) is 2. The Labute approximate surface area is 138 Å². The molecule has 0 bridgehead atoms. The molecule has 0 saturated carbocycles. The average molecular weight is 342 g/mol. The molecule has 1 aromatic rings. The maximum Gasteiger partial charge on any atom is 0.339 e. The monoisotopic (exact) mass is 342 g/mol. The standard InChI is InChI=1S/C16H26N2O4S/c1-11(2)9-16(4,10-17)18-23(20,21)14-7-6-12(3)8-13(14)15(19)22-5/h6-8,11,18H,9-10,17H2,1-5H3. The fraction of sp³-hybridized carbons (Fsp3) is 0.562. The van der Waals surface area contributed by atoms with E-state index in [0.717, 1.165) is 5.56 Å². The average Bonchev–Trinajstić information content (AvgIpc) is 2.44. The van der Waals surface area contributed by atoms with Crippen LogP contribution in [-0.2, 0) is 14.8 Å². The number of ether oxygens (including phenoxy) is 1. The van der Waals surface area contributed by atoms with Crippen molar-refractivity contribution in [2.45, 2.75) is 44.6 Å². The Bertz CT molecular complexity index is 671. The van der Waals surface area contributed by atoms with Crippen LogP contribution in [0, 0.1) is 12.8 Å². The number of esters is 1. The van der Waals surface area contributed by atoms with Gasteiger partial charge in [0, 0.05) is 12.1 Å². The molecule has 0 radical (unpaired) electrons. The van der Waals surface area contributed by atoms with Crippen molar-refractivity contribution in [2.24, 2.45) is 11.7 Å². The van der Waals surface area contributed by atoms with Crippen molar-refractivity contribution in [3.63, 3.8) is 0 Å². The maximum atomic E-state index is 12.8. The van der Waals surface area contributed by atoms with E-state index in [1.165, 1.54) is 19.2 Å². The van der Waals surface area contributed by atoms with Crippen LogP contribution in [0.4, 0.5) is 0 Å². The van der Waals surface area contributed by atoms with Crippen molar-refractivity contribution in [3.05, 3.63) is 29.3 Å². The molecule has 1 rings (SSSR count). The summed E-state index contributed by atoms with van der Waals surface area (Å²) in [5.74, 6) is -0.420. The summed E-state index contributed by atoms with van der Waals surface area (Å²) in [7, 11) is -2.69. The van der Waals surface area contributed by atoms with Crippen molar-refractivity contribution in [1.82, 2.24) is 4.72 Å². The highest BCUT2D eigenvalue weighted by molar-refractivity contribution is 7.89. The summed E-state index contributed by atoms with van der Waals surface area (Å²) in [6, 6.07) is 4.56. The van der Waals surface area contributed by atoms with Gasteiger partial charge in [-0.25, -0.2) is 17.9 Å². The largest absolute Gasteiger partial charge is 0.465 e. The first-order valence-corrected chi connectivity index (χ1v) is 8.96. The van der Waals surface area contributed by atoms with E-state index in [1.807, 2.05) is 13.8 Å². The normalized spacial score (nSPS) is 14.6. The van der Waals surface area contributed by atoms with Crippen LogP contribution in [0.1, 0.15) is 43.1 Å². The number of carbonyl (C=O) groups is 1. The van der Waals surface area contributed by atoms with Crippen molar-refractivity contribution < 1.29 is 17.9 Å². The Morgan fingerprint density at radius 2 is 2.00 bits per heavy atom. The molecule has 1 aromatic carbocycles. The Balaban J connectivity index is 3.31. The number of aryl methyl sites for hydroxylation is 1. The SMILES string of the molecule is COC(=O)c1cc(C)ccc1S(=O)(=O)NC(C)(CN)CC(C)C. The van der Waals surface area contributed by atoms with E-state index in [-0.39, 0.29) is 22.9 Å². The quantitative estimate of drug-likeness (QED) is 0.737. The highest BCUT2D eigenvalue weighted by atomic mass is 32.2. The van der Waals surface area contributed by atoms with E-state index < -0.39 is 21.5 Å². The van der Waals surface area contributed by atoms with Gasteiger partial charge >= 0.3 is 5.97 Å². The van der Waals surface area contributed by atoms with Gasteiger partial charge in [0.25, 0.3) is 0 Å². The molecule has 0 fully saturated rings. The predicted molar refractivity (Wildman–Crippen MR) is 89.8 cm³/mol. The van der Waals surface area contributed by atoms with E-state index >= 15 is 0 Å². The lowest BCUT2D eigenvalue weighted by atomic mass is 9.92. The summed E-state index contributed by atoms with van der Waals surface area (Å²) < 4.78 is 32.9. The number of carbonyl (C=O) groups excluding carboxylic acids is 1. The molecular formula is C16H26N2O4S. The number of rotatable bonds is 7. The molecule has 6 nitrogen and oxygen atoms in total. The molecule has 7 heteroatoms. The minimum atomic E-state index is -3.91. The molecule has 23 heavy (non-hydrogen) atoms. The first kappa shape index (κ1) is 19.6.